The van der Waals surface area contributed by atoms with Gasteiger partial charge in [-0.05, 0) is 44.1 Å². The number of amides is 4. The maximum Gasteiger partial charge on any atom is 0.418 e. The Kier molecular flexibility index (Phi) is 4.72. The van der Waals surface area contributed by atoms with E-state index in [9.17, 15) is 22.8 Å². The monoisotopic (exact) mass is 417 g/mol. The molecular weight excluding hydrogens is 394 g/mol. The molecule has 3 unspecified atom stereocenters. The largest absolute Gasteiger partial charge is 0.418 e. The lowest BCUT2D eigenvalue weighted by Crippen LogP contribution is -2.56. The fourth-order valence-corrected chi connectivity index (χ4v) is 4.84. The van der Waals surface area contributed by atoms with Crippen LogP contribution in [-0.4, -0.2) is 72.0 Å². The highest BCUT2D eigenvalue weighted by molar-refractivity contribution is 7.80. The van der Waals surface area contributed by atoms with E-state index in [2.05, 4.69) is 20.5 Å². The number of rotatable bonds is 5. The molecule has 0 aromatic carbocycles. The molecule has 3 atom stereocenters. The number of piperidine rings is 1. The number of hydrazine groups is 1. The molecule has 1 aliphatic carbocycles. The predicted molar refractivity (Wildman–Crippen MR) is 92.4 cm³/mol. The smallest absolute Gasteiger partial charge is 0.313 e. The summed E-state index contributed by atoms with van der Waals surface area (Å²) >= 11 is 0. The molecule has 4 fully saturated rings. The minimum atomic E-state index is -4.86. The fourth-order valence-electron chi connectivity index (χ4n) is 4.47. The zero-order chi connectivity index (χ0) is 20.1. The van der Waals surface area contributed by atoms with Crippen molar-refractivity contribution < 1.29 is 31.6 Å². The first-order chi connectivity index (χ1) is 13.2. The average molecular weight is 417 g/mol. The number of carbonyl (C=O) groups is 3. The highest BCUT2D eigenvalue weighted by atomic mass is 32.3. The summed E-state index contributed by atoms with van der Waals surface area (Å²) in [5, 5.41) is 3.85. The zero-order valence-electron chi connectivity index (χ0n) is 15.1. The Morgan fingerprint density at radius 2 is 2.07 bits per heavy atom. The van der Waals surface area contributed by atoms with Crippen LogP contribution in [0.1, 0.15) is 38.5 Å². The fraction of sp³-hybridized carbons (Fsp3) is 0.800. The van der Waals surface area contributed by atoms with Crippen molar-refractivity contribution in [3.05, 3.63) is 0 Å². The second-order valence-electron chi connectivity index (χ2n) is 7.90. The third kappa shape index (κ3) is 3.66. The Balaban J connectivity index is 1.39. The van der Waals surface area contributed by atoms with Gasteiger partial charge in [0.05, 0.1) is 6.04 Å². The molecule has 3 aliphatic heterocycles. The Hall–Kier alpha value is -1.96. The van der Waals surface area contributed by atoms with Crippen LogP contribution in [0.25, 0.3) is 0 Å². The summed E-state index contributed by atoms with van der Waals surface area (Å²) in [5.74, 6) is -0.869. The molecule has 0 radical (unpaired) electrons. The third-order valence-electron chi connectivity index (χ3n) is 6.06. The van der Waals surface area contributed by atoms with Crippen LogP contribution < -0.4 is 16.2 Å². The van der Waals surface area contributed by atoms with Crippen molar-refractivity contribution in [2.45, 2.75) is 56.7 Å². The van der Waals surface area contributed by atoms with Crippen molar-refractivity contribution in [2.75, 3.05) is 13.1 Å². The molecule has 0 aromatic heterocycles. The number of hydroxylamine groups is 2. The van der Waals surface area contributed by atoms with E-state index >= 15 is 0 Å². The number of hydrogen-bond donors (Lipinski definition) is 4. The summed E-state index contributed by atoms with van der Waals surface area (Å²) < 4.78 is 35.6. The Morgan fingerprint density at radius 3 is 2.68 bits per heavy atom. The second kappa shape index (κ2) is 6.83. The maximum atomic E-state index is 12.6. The number of nitrogens with one attached hydrogen (secondary N) is 3. The Morgan fingerprint density at radius 1 is 1.32 bits per heavy atom. The highest BCUT2D eigenvalue weighted by Crippen LogP contribution is 2.59. The van der Waals surface area contributed by atoms with Gasteiger partial charge in [-0.2, -0.15) is 13.5 Å². The van der Waals surface area contributed by atoms with Crippen LogP contribution >= 0.6 is 0 Å². The third-order valence-corrected chi connectivity index (χ3v) is 6.41. The van der Waals surface area contributed by atoms with E-state index in [0.29, 0.717) is 24.3 Å². The number of urea groups is 1. The summed E-state index contributed by atoms with van der Waals surface area (Å²) in [6.07, 6.45) is 3.92. The molecule has 28 heavy (non-hydrogen) atoms. The van der Waals surface area contributed by atoms with Gasteiger partial charge in [-0.15, -0.1) is 4.28 Å². The quantitative estimate of drug-likeness (QED) is 0.316. The molecule has 2 bridgehead atoms. The minimum Gasteiger partial charge on any atom is -0.313 e. The molecule has 12 nitrogen and oxygen atoms in total. The van der Waals surface area contributed by atoms with E-state index in [1.165, 1.54) is 4.90 Å². The van der Waals surface area contributed by atoms with E-state index in [4.69, 9.17) is 4.55 Å². The second-order valence-corrected chi connectivity index (χ2v) is 8.90. The van der Waals surface area contributed by atoms with Gasteiger partial charge in [0.2, 0.25) is 5.91 Å². The van der Waals surface area contributed by atoms with Crippen molar-refractivity contribution in [2.24, 2.45) is 5.41 Å². The van der Waals surface area contributed by atoms with Crippen LogP contribution in [-0.2, 0) is 24.3 Å². The number of nitrogens with zero attached hydrogens (tertiary/aromatic N) is 2. The Bertz CT molecular complexity index is 793. The molecule has 156 valence electrons. The molecule has 3 saturated heterocycles. The first-order valence-corrected chi connectivity index (χ1v) is 10.6. The van der Waals surface area contributed by atoms with Crippen LogP contribution in [0.3, 0.4) is 0 Å². The van der Waals surface area contributed by atoms with Gasteiger partial charge >= 0.3 is 16.4 Å². The number of hydrogen-bond acceptors (Lipinski definition) is 7. The summed E-state index contributed by atoms with van der Waals surface area (Å²) in [7, 11) is -4.86. The van der Waals surface area contributed by atoms with Crippen molar-refractivity contribution in [1.82, 2.24) is 26.1 Å². The highest BCUT2D eigenvalue weighted by Gasteiger charge is 2.65. The molecule has 1 saturated carbocycles. The normalized spacial score (nSPS) is 30.6. The van der Waals surface area contributed by atoms with E-state index in [-0.39, 0.29) is 24.9 Å². The van der Waals surface area contributed by atoms with Crippen LogP contribution in [0.2, 0.25) is 0 Å². The van der Waals surface area contributed by atoms with Gasteiger partial charge in [-0.1, -0.05) is 0 Å². The van der Waals surface area contributed by atoms with Gasteiger partial charge in [0.15, 0.2) is 0 Å². The minimum absolute atomic E-state index is 0.0911. The summed E-state index contributed by atoms with van der Waals surface area (Å²) in [6.45, 7) is 0.987. The molecule has 4 N–H and O–H groups in total. The molecule has 4 aliphatic rings. The first-order valence-electron chi connectivity index (χ1n) is 9.27. The SMILES string of the molecule is O=C(CC1CCCN1)NNC(=O)C1CC2(CC2)C2CN1C(=O)N2OS(=O)(=O)O. The van der Waals surface area contributed by atoms with Gasteiger partial charge in [-0.3, -0.25) is 25.0 Å². The lowest BCUT2D eigenvalue weighted by Gasteiger charge is -2.35. The van der Waals surface area contributed by atoms with Crippen LogP contribution in [0.4, 0.5) is 4.79 Å². The first kappa shape index (κ1) is 19.4. The van der Waals surface area contributed by atoms with Crippen LogP contribution in [0, 0.1) is 5.41 Å². The standard InChI is InChI=1S/C15H23N5O7S/c21-12(6-9-2-1-5-16-9)17-18-13(22)10-7-15(3-4-15)11-8-19(10)14(23)20(11)27-28(24,25)26/h9-11,16H,1-8H2,(H,17,21)(H,18,22)(H,24,25,26). The molecular formula is C15H23N5O7S. The number of fused-ring (bicyclic) bond motifs is 3. The molecule has 1 spiro atoms. The summed E-state index contributed by atoms with van der Waals surface area (Å²) in [5.41, 5.74) is 4.33. The molecule has 13 heteroatoms. The molecule has 3 heterocycles. The van der Waals surface area contributed by atoms with Crippen LogP contribution in [0.5, 0.6) is 0 Å². The maximum absolute atomic E-state index is 12.6. The van der Waals surface area contributed by atoms with E-state index < -0.39 is 39.8 Å². The van der Waals surface area contributed by atoms with Gasteiger partial charge in [0.1, 0.15) is 6.04 Å². The lowest BCUT2D eigenvalue weighted by atomic mass is 9.85. The van der Waals surface area contributed by atoms with E-state index in [1.807, 2.05) is 0 Å². The summed E-state index contributed by atoms with van der Waals surface area (Å²) in [4.78, 5) is 38.4. The van der Waals surface area contributed by atoms with Gasteiger partial charge in [0.25, 0.3) is 5.91 Å². The van der Waals surface area contributed by atoms with E-state index in [1.54, 1.807) is 0 Å². The summed E-state index contributed by atoms with van der Waals surface area (Å²) in [6, 6.07) is -2.11. The van der Waals surface area contributed by atoms with Crippen molar-refractivity contribution in [3.63, 3.8) is 0 Å². The average Bonchev–Trinajstić information content (AvgIpc) is 3.07. The van der Waals surface area contributed by atoms with E-state index in [0.717, 1.165) is 19.4 Å². The van der Waals surface area contributed by atoms with Gasteiger partial charge in [0, 0.05) is 19.0 Å². The number of carbonyl (C=O) groups excluding carboxylic acids is 3. The van der Waals surface area contributed by atoms with Crippen molar-refractivity contribution >= 4 is 28.2 Å². The predicted octanol–water partition coefficient (Wildman–Crippen LogP) is -1.33. The molecule has 4 amide bonds. The van der Waals surface area contributed by atoms with Crippen molar-refractivity contribution in [3.8, 4) is 0 Å². The molecule has 4 rings (SSSR count). The van der Waals surface area contributed by atoms with Gasteiger partial charge in [-0.25, -0.2) is 4.79 Å². The zero-order valence-corrected chi connectivity index (χ0v) is 15.9. The lowest BCUT2D eigenvalue weighted by molar-refractivity contribution is -0.132. The Labute approximate surface area is 161 Å². The topological polar surface area (TPSA) is 157 Å². The van der Waals surface area contributed by atoms with Crippen LogP contribution in [0.15, 0.2) is 0 Å². The van der Waals surface area contributed by atoms with Gasteiger partial charge < -0.3 is 10.2 Å². The molecule has 0 aromatic rings. The van der Waals surface area contributed by atoms with Crippen molar-refractivity contribution in [1.29, 1.82) is 0 Å².